The van der Waals surface area contributed by atoms with Crippen molar-refractivity contribution in [1.82, 2.24) is 0 Å². The van der Waals surface area contributed by atoms with Crippen LogP contribution in [-0.2, 0) is 19.1 Å². The van der Waals surface area contributed by atoms with Crippen LogP contribution in [0.3, 0.4) is 0 Å². The van der Waals surface area contributed by atoms with Gasteiger partial charge in [0.15, 0.2) is 0 Å². The maximum atomic E-state index is 12.2. The number of ether oxygens (including phenoxy) is 2. The summed E-state index contributed by atoms with van der Waals surface area (Å²) < 4.78 is 11.0. The fourth-order valence-electron chi connectivity index (χ4n) is 1.82. The summed E-state index contributed by atoms with van der Waals surface area (Å²) >= 11 is -0.164. The van der Waals surface area contributed by atoms with E-state index in [-0.39, 0.29) is 26.9 Å². The topological polar surface area (TPSA) is 52.6 Å². The van der Waals surface area contributed by atoms with Gasteiger partial charge in [0.1, 0.15) is 0 Å². The predicted octanol–water partition coefficient (Wildman–Crippen LogP) is 1.57. The van der Waals surface area contributed by atoms with Crippen LogP contribution >= 0.6 is 0 Å². The van der Waals surface area contributed by atoms with E-state index in [4.69, 9.17) is 9.47 Å². The Morgan fingerprint density at radius 3 is 2.30 bits per heavy atom. The summed E-state index contributed by atoms with van der Waals surface area (Å²) in [5.41, 5.74) is 0. The fraction of sp³-hybridized carbons (Fsp3) is 0.467. The van der Waals surface area contributed by atoms with Gasteiger partial charge >= 0.3 is 125 Å². The molecule has 0 heterocycles. The van der Waals surface area contributed by atoms with Gasteiger partial charge in [-0.15, -0.1) is 0 Å². The van der Waals surface area contributed by atoms with Crippen LogP contribution in [0, 0.1) is 5.92 Å². The Kier molecular flexibility index (Phi) is 7.34. The molecule has 0 spiro atoms. The predicted molar refractivity (Wildman–Crippen MR) is 78.0 cm³/mol. The number of benzene rings is 1. The zero-order valence-corrected chi connectivity index (χ0v) is 13.7. The molecule has 0 aromatic heterocycles. The molecule has 0 saturated carbocycles. The van der Waals surface area contributed by atoms with Gasteiger partial charge in [0.2, 0.25) is 0 Å². The van der Waals surface area contributed by atoms with Crippen LogP contribution in [-0.4, -0.2) is 40.6 Å². The molecule has 0 amide bonds. The fourth-order valence-corrected chi connectivity index (χ4v) is 4.42. The van der Waals surface area contributed by atoms with Gasteiger partial charge in [-0.05, 0) is 0 Å². The summed E-state index contributed by atoms with van der Waals surface area (Å²) in [6, 6.07) is 9.72. The molecule has 0 fully saturated rings. The number of hydrogen-bond donors (Lipinski definition) is 0. The van der Waals surface area contributed by atoms with Crippen molar-refractivity contribution in [2.75, 3.05) is 13.7 Å². The van der Waals surface area contributed by atoms with Crippen molar-refractivity contribution in [3.8, 4) is 0 Å². The second-order valence-electron chi connectivity index (χ2n) is 4.14. The number of rotatable bonds is 7. The van der Waals surface area contributed by atoms with Gasteiger partial charge in [0.25, 0.3) is 0 Å². The molecule has 0 aliphatic rings. The summed E-state index contributed by atoms with van der Waals surface area (Å²) in [4.78, 5) is 23.6. The Morgan fingerprint density at radius 2 is 1.80 bits per heavy atom. The molecule has 110 valence electrons. The molecule has 1 aromatic rings. The van der Waals surface area contributed by atoms with Crippen LogP contribution in [0.4, 0.5) is 0 Å². The third kappa shape index (κ3) is 4.66. The van der Waals surface area contributed by atoms with Gasteiger partial charge in [-0.2, -0.15) is 0 Å². The molecule has 2 atom stereocenters. The van der Waals surface area contributed by atoms with Crippen molar-refractivity contribution < 1.29 is 19.1 Å². The van der Waals surface area contributed by atoms with Gasteiger partial charge in [-0.1, -0.05) is 0 Å². The van der Waals surface area contributed by atoms with Crippen LogP contribution in [0.2, 0.25) is 4.82 Å². The van der Waals surface area contributed by atoms with Crippen molar-refractivity contribution >= 4 is 31.4 Å². The van der Waals surface area contributed by atoms with Crippen molar-refractivity contribution in [1.29, 1.82) is 0 Å². The second-order valence-corrected chi connectivity index (χ2v) is 6.69. The molecular formula is C15H20O4Se. The van der Waals surface area contributed by atoms with E-state index in [0.717, 1.165) is 4.46 Å². The molecule has 0 bridgehead atoms. The summed E-state index contributed by atoms with van der Waals surface area (Å²) in [5.74, 6) is -1.10. The van der Waals surface area contributed by atoms with E-state index in [1.807, 2.05) is 37.3 Å². The average Bonchev–Trinajstić information content (AvgIpc) is 2.48. The standard InChI is InChI=1S/C15H20O4Se/c1-4-12(14(16)18-3)13(15(17)19-5-2)20-11-9-7-6-8-10-11/h6-10,12-13H,4-5H2,1-3H3/t12-,13+/m0/s1. The minimum atomic E-state index is -0.445. The molecule has 1 aromatic carbocycles. The zero-order valence-electron chi connectivity index (χ0n) is 12.0. The van der Waals surface area contributed by atoms with Crippen LogP contribution in [0.25, 0.3) is 0 Å². The van der Waals surface area contributed by atoms with Crippen molar-refractivity contribution in [2.24, 2.45) is 5.92 Å². The van der Waals surface area contributed by atoms with E-state index >= 15 is 0 Å². The van der Waals surface area contributed by atoms with Gasteiger partial charge in [0, 0.05) is 0 Å². The van der Waals surface area contributed by atoms with Crippen molar-refractivity contribution in [3.63, 3.8) is 0 Å². The summed E-state index contributed by atoms with van der Waals surface area (Å²) in [6.45, 7) is 3.97. The molecule has 5 heteroatoms. The Bertz CT molecular complexity index is 433. The van der Waals surface area contributed by atoms with Crippen molar-refractivity contribution in [2.45, 2.75) is 25.1 Å². The van der Waals surface area contributed by atoms with Crippen LogP contribution in [0.5, 0.6) is 0 Å². The quantitative estimate of drug-likeness (QED) is 0.557. The van der Waals surface area contributed by atoms with Gasteiger partial charge in [-0.3, -0.25) is 0 Å². The number of hydrogen-bond acceptors (Lipinski definition) is 4. The molecule has 1 rings (SSSR count). The number of carbonyl (C=O) groups excluding carboxylic acids is 2. The second kappa shape index (κ2) is 8.77. The van der Waals surface area contributed by atoms with Crippen molar-refractivity contribution in [3.05, 3.63) is 30.3 Å². The maximum absolute atomic E-state index is 12.2. The van der Waals surface area contributed by atoms with Crippen LogP contribution in [0.15, 0.2) is 30.3 Å². The summed E-state index contributed by atoms with van der Waals surface area (Å²) in [7, 11) is 1.35. The monoisotopic (exact) mass is 344 g/mol. The Hall–Kier alpha value is -1.32. The van der Waals surface area contributed by atoms with E-state index in [9.17, 15) is 9.59 Å². The first kappa shape index (κ1) is 16.7. The minimum absolute atomic E-state index is 0.164. The average molecular weight is 343 g/mol. The van der Waals surface area contributed by atoms with Crippen LogP contribution in [0.1, 0.15) is 20.3 Å². The summed E-state index contributed by atoms with van der Waals surface area (Å²) in [5, 5.41) is 0. The molecule has 0 aliphatic heterocycles. The first-order chi connectivity index (χ1) is 9.63. The molecule has 0 radical (unpaired) electrons. The van der Waals surface area contributed by atoms with E-state index < -0.39 is 10.7 Å². The molecule has 0 saturated heterocycles. The third-order valence-corrected chi connectivity index (χ3v) is 5.60. The molecular weight excluding hydrogens is 323 g/mol. The molecule has 20 heavy (non-hydrogen) atoms. The van der Waals surface area contributed by atoms with Gasteiger partial charge in [0.05, 0.1) is 0 Å². The Morgan fingerprint density at radius 1 is 1.15 bits per heavy atom. The van der Waals surface area contributed by atoms with E-state index in [0.29, 0.717) is 13.0 Å². The molecule has 0 N–H and O–H groups in total. The third-order valence-electron chi connectivity index (χ3n) is 2.83. The number of esters is 2. The van der Waals surface area contributed by atoms with E-state index in [1.54, 1.807) is 6.92 Å². The van der Waals surface area contributed by atoms with Crippen LogP contribution < -0.4 is 4.46 Å². The van der Waals surface area contributed by atoms with E-state index in [2.05, 4.69) is 0 Å². The van der Waals surface area contributed by atoms with Gasteiger partial charge < -0.3 is 0 Å². The first-order valence-corrected chi connectivity index (χ1v) is 8.44. The first-order valence-electron chi connectivity index (χ1n) is 6.60. The SMILES string of the molecule is CCOC(=O)[C@H]([Se]c1ccccc1)[C@H](CC)C(=O)OC. The molecule has 0 aliphatic carbocycles. The Balaban J connectivity index is 2.94. The molecule has 4 nitrogen and oxygen atoms in total. The summed E-state index contributed by atoms with van der Waals surface area (Å²) in [6.07, 6.45) is 0.560. The normalized spacial score (nSPS) is 13.3. The molecule has 0 unspecified atom stereocenters. The zero-order chi connectivity index (χ0) is 15.0. The Labute approximate surface area is 126 Å². The van der Waals surface area contributed by atoms with E-state index in [1.165, 1.54) is 7.11 Å². The number of methoxy groups -OCH3 is 1. The number of carbonyl (C=O) groups is 2. The van der Waals surface area contributed by atoms with Gasteiger partial charge in [-0.25, -0.2) is 0 Å².